The summed E-state index contributed by atoms with van der Waals surface area (Å²) < 4.78 is 27.7. The molecule has 0 amide bonds. The molecule has 1 heterocycles. The molecule has 0 radical (unpaired) electrons. The molecule has 0 bridgehead atoms. The van der Waals surface area contributed by atoms with Gasteiger partial charge in [0.1, 0.15) is 10.0 Å². The van der Waals surface area contributed by atoms with Crippen molar-refractivity contribution in [3.63, 3.8) is 0 Å². The molecular weight excluding hydrogens is 387 g/mol. The summed E-state index contributed by atoms with van der Waals surface area (Å²) in [6.45, 7) is 1.75. The maximum Gasteiger partial charge on any atom is 0.265 e. The van der Waals surface area contributed by atoms with E-state index >= 15 is 0 Å². The number of pyridine rings is 1. The van der Waals surface area contributed by atoms with Gasteiger partial charge in [-0.2, -0.15) is 0 Å². The molecule has 1 N–H and O–H groups in total. The van der Waals surface area contributed by atoms with Crippen LogP contribution in [-0.4, -0.2) is 13.4 Å². The van der Waals surface area contributed by atoms with E-state index in [9.17, 15) is 8.42 Å². The van der Waals surface area contributed by atoms with E-state index in [1.165, 1.54) is 12.3 Å². The number of halogens is 3. The van der Waals surface area contributed by atoms with Gasteiger partial charge in [0.05, 0.1) is 10.7 Å². The molecule has 0 aliphatic rings. The van der Waals surface area contributed by atoms with Gasteiger partial charge in [0.2, 0.25) is 0 Å². The maximum absolute atomic E-state index is 12.4. The van der Waals surface area contributed by atoms with Crippen LogP contribution < -0.4 is 4.72 Å². The van der Waals surface area contributed by atoms with Gasteiger partial charge in [0.25, 0.3) is 10.0 Å². The number of hydrogen-bond acceptors (Lipinski definition) is 3. The molecule has 0 saturated carbocycles. The van der Waals surface area contributed by atoms with E-state index in [0.717, 1.165) is 0 Å². The fraction of sp³-hybridized carbons (Fsp3) is 0.0833. The van der Waals surface area contributed by atoms with E-state index < -0.39 is 10.0 Å². The number of benzene rings is 1. The van der Waals surface area contributed by atoms with Gasteiger partial charge >= 0.3 is 0 Å². The van der Waals surface area contributed by atoms with E-state index in [1.54, 1.807) is 25.1 Å². The zero-order valence-corrected chi connectivity index (χ0v) is 14.1. The molecule has 1 aromatic heterocycles. The average Bonchev–Trinajstić information content (AvgIpc) is 2.37. The van der Waals surface area contributed by atoms with Crippen LogP contribution in [-0.2, 0) is 10.0 Å². The minimum Gasteiger partial charge on any atom is -0.278 e. The van der Waals surface area contributed by atoms with Crippen LogP contribution in [0.3, 0.4) is 0 Å². The highest BCUT2D eigenvalue weighted by molar-refractivity contribution is 9.10. The molecule has 0 aliphatic heterocycles. The summed E-state index contributed by atoms with van der Waals surface area (Å²) in [5.74, 6) is 0. The number of sulfonamides is 1. The van der Waals surface area contributed by atoms with Crippen molar-refractivity contribution in [3.8, 4) is 0 Å². The minimum absolute atomic E-state index is 0.106. The average molecular weight is 396 g/mol. The normalized spacial score (nSPS) is 11.4. The third kappa shape index (κ3) is 3.25. The first-order chi connectivity index (χ1) is 9.31. The molecule has 4 nitrogen and oxygen atoms in total. The van der Waals surface area contributed by atoms with Crippen molar-refractivity contribution in [3.05, 3.63) is 50.7 Å². The van der Waals surface area contributed by atoms with E-state index in [4.69, 9.17) is 23.2 Å². The summed E-state index contributed by atoms with van der Waals surface area (Å²) >= 11 is 15.0. The molecule has 0 atom stereocenters. The van der Waals surface area contributed by atoms with Crippen LogP contribution in [0.15, 0.2) is 39.8 Å². The topological polar surface area (TPSA) is 59.1 Å². The fourth-order valence-corrected chi connectivity index (χ4v) is 3.97. The predicted molar refractivity (Wildman–Crippen MR) is 83.9 cm³/mol. The number of rotatable bonds is 3. The Kier molecular flexibility index (Phi) is 4.59. The number of aryl methyl sites for hydroxylation is 1. The lowest BCUT2D eigenvalue weighted by Crippen LogP contribution is -2.15. The number of nitrogens with zero attached hydrogens (tertiary/aromatic N) is 1. The van der Waals surface area contributed by atoms with Crippen molar-refractivity contribution in [2.75, 3.05) is 4.72 Å². The van der Waals surface area contributed by atoms with Crippen molar-refractivity contribution in [2.45, 2.75) is 11.8 Å². The Hall–Kier alpha value is -0.820. The molecule has 2 rings (SSSR count). The Morgan fingerprint density at radius 3 is 2.65 bits per heavy atom. The van der Waals surface area contributed by atoms with Gasteiger partial charge in [-0.1, -0.05) is 35.3 Å². The van der Waals surface area contributed by atoms with Crippen molar-refractivity contribution in [2.24, 2.45) is 0 Å². The monoisotopic (exact) mass is 394 g/mol. The first kappa shape index (κ1) is 15.6. The van der Waals surface area contributed by atoms with Crippen LogP contribution >= 0.6 is 39.1 Å². The van der Waals surface area contributed by atoms with Gasteiger partial charge in [-0.25, -0.2) is 13.4 Å². The summed E-state index contributed by atoms with van der Waals surface area (Å²) in [5.41, 5.74) is 1.03. The van der Waals surface area contributed by atoms with E-state index in [1.807, 2.05) is 0 Å². The molecule has 0 unspecified atom stereocenters. The number of hydrogen-bond donors (Lipinski definition) is 1. The van der Waals surface area contributed by atoms with Gasteiger partial charge < -0.3 is 0 Å². The highest BCUT2D eigenvalue weighted by atomic mass is 79.9. The van der Waals surface area contributed by atoms with Gasteiger partial charge in [-0.15, -0.1) is 0 Å². The van der Waals surface area contributed by atoms with Crippen LogP contribution in [0.1, 0.15) is 5.56 Å². The van der Waals surface area contributed by atoms with Gasteiger partial charge in [-0.05, 0) is 40.5 Å². The minimum atomic E-state index is -3.87. The summed E-state index contributed by atoms with van der Waals surface area (Å²) in [5, 5.41) is 0.207. The molecule has 0 fully saturated rings. The van der Waals surface area contributed by atoms with Crippen LogP contribution in [0.5, 0.6) is 0 Å². The molecule has 8 heteroatoms. The molecular formula is C12H9BrCl2N2O2S. The smallest absolute Gasteiger partial charge is 0.265 e. The Labute approximate surface area is 135 Å². The first-order valence-corrected chi connectivity index (χ1v) is 8.43. The first-order valence-electron chi connectivity index (χ1n) is 5.40. The van der Waals surface area contributed by atoms with E-state index in [0.29, 0.717) is 20.7 Å². The van der Waals surface area contributed by atoms with E-state index in [2.05, 4.69) is 25.6 Å². The lowest BCUT2D eigenvalue weighted by atomic mass is 10.2. The summed E-state index contributed by atoms with van der Waals surface area (Å²) in [6, 6.07) is 6.48. The second-order valence-corrected chi connectivity index (χ2v) is 7.31. The molecule has 0 saturated heterocycles. The van der Waals surface area contributed by atoms with Crippen LogP contribution in [0, 0.1) is 6.92 Å². The standard InChI is InChI=1S/C12H9BrCl2N2O2S/c1-7-3-2-4-9(14)11(7)17-20(18,19)10-5-8(13)6-16-12(10)15/h2-6,17H,1H3. The Balaban J connectivity index is 2.49. The lowest BCUT2D eigenvalue weighted by molar-refractivity contribution is 0.600. The Bertz CT molecular complexity index is 746. The Morgan fingerprint density at radius 1 is 1.30 bits per heavy atom. The number of aromatic nitrogens is 1. The van der Waals surface area contributed by atoms with Crippen molar-refractivity contribution < 1.29 is 8.42 Å². The third-order valence-corrected chi connectivity index (χ3v) is 5.05. The van der Waals surface area contributed by atoms with Crippen LogP contribution in [0.4, 0.5) is 5.69 Å². The fourth-order valence-electron chi connectivity index (χ4n) is 1.54. The quantitative estimate of drug-likeness (QED) is 0.789. The molecule has 20 heavy (non-hydrogen) atoms. The Morgan fingerprint density at radius 2 is 2.00 bits per heavy atom. The SMILES string of the molecule is Cc1cccc(Cl)c1NS(=O)(=O)c1cc(Br)cnc1Cl. The van der Waals surface area contributed by atoms with Gasteiger partial charge in [-0.3, -0.25) is 4.72 Å². The highest BCUT2D eigenvalue weighted by Gasteiger charge is 2.21. The zero-order chi connectivity index (χ0) is 14.9. The second kappa shape index (κ2) is 5.89. The van der Waals surface area contributed by atoms with Gasteiger partial charge in [0, 0.05) is 10.7 Å². The van der Waals surface area contributed by atoms with Gasteiger partial charge in [0.15, 0.2) is 0 Å². The lowest BCUT2D eigenvalue weighted by Gasteiger charge is -2.12. The molecule has 0 aliphatic carbocycles. The van der Waals surface area contributed by atoms with Crippen molar-refractivity contribution >= 4 is 54.8 Å². The summed E-state index contributed by atoms with van der Waals surface area (Å²) in [7, 11) is -3.87. The predicted octanol–water partition coefficient (Wildman–Crippen LogP) is 4.26. The summed E-state index contributed by atoms with van der Waals surface area (Å²) in [6.07, 6.45) is 1.42. The highest BCUT2D eigenvalue weighted by Crippen LogP contribution is 2.30. The van der Waals surface area contributed by atoms with Crippen LogP contribution in [0.25, 0.3) is 0 Å². The third-order valence-electron chi connectivity index (χ3n) is 2.52. The van der Waals surface area contributed by atoms with Crippen molar-refractivity contribution in [1.82, 2.24) is 4.98 Å². The van der Waals surface area contributed by atoms with Crippen molar-refractivity contribution in [1.29, 1.82) is 0 Å². The zero-order valence-electron chi connectivity index (χ0n) is 10.2. The molecule has 0 spiro atoms. The number of para-hydroxylation sites is 1. The maximum atomic E-state index is 12.4. The second-order valence-electron chi connectivity index (χ2n) is 3.98. The van der Waals surface area contributed by atoms with Crippen LogP contribution in [0.2, 0.25) is 10.2 Å². The molecule has 106 valence electrons. The van der Waals surface area contributed by atoms with E-state index in [-0.39, 0.29) is 10.0 Å². The number of nitrogens with one attached hydrogen (secondary N) is 1. The number of anilines is 1. The summed E-state index contributed by atoms with van der Waals surface area (Å²) in [4.78, 5) is 3.68. The largest absolute Gasteiger partial charge is 0.278 e. The molecule has 2 aromatic rings. The molecule has 1 aromatic carbocycles.